The van der Waals surface area contributed by atoms with Crippen LogP contribution in [0, 0.1) is 0 Å². The van der Waals surface area contributed by atoms with E-state index in [9.17, 15) is 0 Å². The number of para-hydroxylation sites is 1. The minimum absolute atomic E-state index is 0.0465. The van der Waals surface area contributed by atoms with Crippen molar-refractivity contribution >= 4 is 35.3 Å². The molecular formula is C29H47Cl2OPRu+. The molecule has 3 fully saturated rings. The molecule has 0 amide bonds. The monoisotopic (exact) mass is 614 g/mol. The number of hydrogen-bond donors (Lipinski definition) is 0. The maximum absolute atomic E-state index is 5.59. The second-order valence-electron chi connectivity index (χ2n) is 10.5. The Balaban J connectivity index is 0.000000239. The fraction of sp³-hybridized carbons (Fsp3) is 0.724. The molecule has 0 atom stereocenters. The van der Waals surface area contributed by atoms with Crippen molar-refractivity contribution in [3.05, 3.63) is 35.4 Å². The molecule has 3 aliphatic carbocycles. The summed E-state index contributed by atoms with van der Waals surface area (Å²) in [4.78, 5) is 0. The van der Waals surface area contributed by atoms with Gasteiger partial charge in [-0.2, -0.15) is 0 Å². The summed E-state index contributed by atoms with van der Waals surface area (Å²) < 4.78 is 5.59. The number of ether oxygens (including phenoxy) is 1. The van der Waals surface area contributed by atoms with Gasteiger partial charge in [0, 0.05) is 19.0 Å². The quantitative estimate of drug-likeness (QED) is 0.229. The zero-order chi connectivity index (χ0) is 24.6. The van der Waals surface area contributed by atoms with Crippen LogP contribution in [-0.4, -0.2) is 23.1 Å². The van der Waals surface area contributed by atoms with Crippen molar-refractivity contribution < 1.29 is 22.0 Å². The van der Waals surface area contributed by atoms with Crippen LogP contribution in [0.2, 0.25) is 0 Å². The fourth-order valence-electron chi connectivity index (χ4n) is 6.36. The van der Waals surface area contributed by atoms with Crippen molar-refractivity contribution in [3.63, 3.8) is 0 Å². The summed E-state index contributed by atoms with van der Waals surface area (Å²) in [6.45, 7) is 4.00. The summed E-state index contributed by atoms with van der Waals surface area (Å²) in [7, 11) is 4.52. The van der Waals surface area contributed by atoms with Crippen LogP contribution in [-0.2, 0) is 17.3 Å². The van der Waals surface area contributed by atoms with E-state index >= 15 is 0 Å². The van der Waals surface area contributed by atoms with Gasteiger partial charge in [-0.05, 0) is 103 Å². The van der Waals surface area contributed by atoms with Gasteiger partial charge in [-0.15, -0.1) is 0 Å². The second-order valence-corrected chi connectivity index (χ2v) is 14.2. The SMILES string of the molecule is C1CCC([PH+](C2CCCCC2)C2CCCCC2)CC1.CC(C)Oc1ccccc1/C=C/Cl.[Cl][Ru]. The molecule has 195 valence electrons. The summed E-state index contributed by atoms with van der Waals surface area (Å²) in [6, 6.07) is 7.81. The topological polar surface area (TPSA) is 9.23 Å². The molecule has 3 saturated carbocycles. The Morgan fingerprint density at radius 1 is 0.765 bits per heavy atom. The van der Waals surface area contributed by atoms with Gasteiger partial charge in [0.2, 0.25) is 0 Å². The Morgan fingerprint density at radius 3 is 1.56 bits per heavy atom. The zero-order valence-corrected chi connectivity index (χ0v) is 25.6. The Labute approximate surface area is 230 Å². The molecule has 4 rings (SSSR count). The molecular weight excluding hydrogens is 567 g/mol. The van der Waals surface area contributed by atoms with Gasteiger partial charge < -0.3 is 4.74 Å². The van der Waals surface area contributed by atoms with E-state index in [0.29, 0.717) is 0 Å². The first-order valence-electron chi connectivity index (χ1n) is 13.7. The van der Waals surface area contributed by atoms with E-state index in [1.54, 1.807) is 96.3 Å². The number of benzene rings is 1. The van der Waals surface area contributed by atoms with Crippen molar-refractivity contribution in [2.45, 2.75) is 133 Å². The second kappa shape index (κ2) is 18.6. The molecule has 5 heteroatoms. The summed E-state index contributed by atoms with van der Waals surface area (Å²) in [5, 5.41) is 0. The molecule has 0 N–H and O–H groups in total. The van der Waals surface area contributed by atoms with Crippen molar-refractivity contribution in [2.75, 3.05) is 0 Å². The van der Waals surface area contributed by atoms with Crippen molar-refractivity contribution in [1.82, 2.24) is 0 Å². The predicted molar refractivity (Wildman–Crippen MR) is 152 cm³/mol. The van der Waals surface area contributed by atoms with Crippen molar-refractivity contribution in [2.24, 2.45) is 0 Å². The van der Waals surface area contributed by atoms with Gasteiger partial charge in [0.05, 0.1) is 23.1 Å². The summed E-state index contributed by atoms with van der Waals surface area (Å²) in [5.74, 6) is 0.870. The van der Waals surface area contributed by atoms with E-state index in [2.05, 4.69) is 9.69 Å². The molecule has 1 aromatic rings. The summed E-state index contributed by atoms with van der Waals surface area (Å²) >= 11 is 7.33. The molecule has 0 radical (unpaired) electrons. The molecule has 3 aliphatic rings. The van der Waals surface area contributed by atoms with Gasteiger partial charge in [-0.25, -0.2) is 0 Å². The molecule has 0 aliphatic heterocycles. The molecule has 0 heterocycles. The van der Waals surface area contributed by atoms with E-state index in [0.717, 1.165) is 11.3 Å². The van der Waals surface area contributed by atoms with Gasteiger partial charge >= 0.3 is 27.0 Å². The van der Waals surface area contributed by atoms with Crippen LogP contribution in [0.5, 0.6) is 5.75 Å². The third-order valence-electron chi connectivity index (χ3n) is 7.75. The Bertz CT molecular complexity index is 623. The van der Waals surface area contributed by atoms with Crippen LogP contribution in [0.3, 0.4) is 0 Å². The molecule has 0 bridgehead atoms. The number of rotatable bonds is 6. The number of hydrogen-bond acceptors (Lipinski definition) is 1. The number of halogens is 2. The van der Waals surface area contributed by atoms with E-state index in [4.69, 9.17) is 16.3 Å². The standard InChI is InChI=1S/C18H33P.C11H13ClO.ClH.Ru/c1-4-10-16(11-5-1)19(17-12-6-2-7-13-17)18-14-8-3-9-15-18;1-9(2)13-11-6-4-3-5-10(11)7-8-12;;/h16-18H,1-15H2;3-9H,1-2H3;1H;/q;;;+1/b;8-7+;;. The van der Waals surface area contributed by atoms with Crippen LogP contribution >= 0.6 is 29.2 Å². The average Bonchev–Trinajstić information content (AvgIpc) is 2.89. The predicted octanol–water partition coefficient (Wildman–Crippen LogP) is 10.6. The van der Waals surface area contributed by atoms with Crippen LogP contribution < -0.4 is 4.74 Å². The molecule has 0 spiro atoms. The maximum atomic E-state index is 5.59. The summed E-state index contributed by atoms with van der Waals surface area (Å²) in [6.07, 6.45) is 25.8. The van der Waals surface area contributed by atoms with Crippen LogP contribution in [0.25, 0.3) is 6.08 Å². The Morgan fingerprint density at radius 2 is 1.18 bits per heavy atom. The van der Waals surface area contributed by atoms with Crippen molar-refractivity contribution in [3.8, 4) is 5.75 Å². The van der Waals surface area contributed by atoms with E-state index in [-0.39, 0.29) is 14.0 Å². The molecule has 34 heavy (non-hydrogen) atoms. The zero-order valence-electron chi connectivity index (χ0n) is 21.4. The van der Waals surface area contributed by atoms with Crippen LogP contribution in [0.15, 0.2) is 29.8 Å². The Hall–Kier alpha value is 0.393. The minimum atomic E-state index is -0.0465. The van der Waals surface area contributed by atoms with Gasteiger partial charge in [-0.3, -0.25) is 0 Å². The van der Waals surface area contributed by atoms with Gasteiger partial charge in [-0.1, -0.05) is 49.1 Å². The molecule has 1 nitrogen and oxygen atoms in total. The van der Waals surface area contributed by atoms with Gasteiger partial charge in [0.15, 0.2) is 0 Å². The third-order valence-corrected chi connectivity index (χ3v) is 12.4. The van der Waals surface area contributed by atoms with Gasteiger partial charge in [0.25, 0.3) is 0 Å². The fourth-order valence-corrected chi connectivity index (χ4v) is 11.7. The average molecular weight is 615 g/mol. The molecule has 1 aromatic carbocycles. The van der Waals surface area contributed by atoms with Crippen LogP contribution in [0.4, 0.5) is 0 Å². The summed E-state index contributed by atoms with van der Waals surface area (Å²) in [5.41, 5.74) is 6.17. The van der Waals surface area contributed by atoms with Crippen LogP contribution in [0.1, 0.15) is 116 Å². The first-order valence-corrected chi connectivity index (χ1v) is 18.1. The third kappa shape index (κ3) is 10.8. The first-order chi connectivity index (χ1) is 16.7. The molecule has 0 saturated heterocycles. The normalized spacial score (nSPS) is 20.6. The molecule has 0 aromatic heterocycles. The van der Waals surface area contributed by atoms with E-state index in [1.165, 1.54) is 22.5 Å². The Kier molecular flexibility index (Phi) is 16.8. The van der Waals surface area contributed by atoms with E-state index < -0.39 is 0 Å². The first kappa shape index (κ1) is 30.6. The molecule has 0 unspecified atom stereocenters. The van der Waals surface area contributed by atoms with Crippen molar-refractivity contribution in [1.29, 1.82) is 0 Å². The van der Waals surface area contributed by atoms with Gasteiger partial charge in [0.1, 0.15) is 5.75 Å². The van der Waals surface area contributed by atoms with E-state index in [1.807, 2.05) is 61.5 Å².